The van der Waals surface area contributed by atoms with Crippen LogP contribution in [0.2, 0.25) is 0 Å². The Morgan fingerprint density at radius 1 is 1.12 bits per heavy atom. The predicted molar refractivity (Wildman–Crippen MR) is 101 cm³/mol. The summed E-state index contributed by atoms with van der Waals surface area (Å²) in [5.74, 6) is 0.589. The average molecular weight is 364 g/mol. The molecule has 1 heterocycles. The number of halogens is 1. The van der Waals surface area contributed by atoms with Crippen molar-refractivity contribution in [3.63, 3.8) is 0 Å². The third kappa shape index (κ3) is 4.19. The number of anilines is 1. The van der Waals surface area contributed by atoms with E-state index in [0.29, 0.717) is 23.0 Å². The first-order valence-electron chi connectivity index (χ1n) is 8.05. The Morgan fingerprint density at radius 3 is 2.54 bits per heavy atom. The molecular formula is C20H17FN4S. The zero-order valence-corrected chi connectivity index (χ0v) is 15.1. The maximum absolute atomic E-state index is 13.1. The third-order valence-electron chi connectivity index (χ3n) is 4.01. The van der Waals surface area contributed by atoms with Crippen molar-refractivity contribution < 1.29 is 4.39 Å². The molecule has 26 heavy (non-hydrogen) atoms. The van der Waals surface area contributed by atoms with Gasteiger partial charge in [-0.05, 0) is 35.7 Å². The standard InChI is InChI=1S/C20H17FN4S/c1-13-4-2-3-5-15(13)12-26-20-24-18(17(11-22)19(23)25-20)10-14-6-8-16(21)9-7-14/h2-9H,10,12H2,1H3,(H2,23,24,25). The van der Waals surface area contributed by atoms with Crippen LogP contribution in [0.5, 0.6) is 0 Å². The fraction of sp³-hybridized carbons (Fsp3) is 0.150. The van der Waals surface area contributed by atoms with Gasteiger partial charge in [0.05, 0.1) is 5.69 Å². The van der Waals surface area contributed by atoms with Crippen LogP contribution in [-0.4, -0.2) is 9.97 Å². The van der Waals surface area contributed by atoms with Gasteiger partial charge >= 0.3 is 0 Å². The number of thioether (sulfide) groups is 1. The summed E-state index contributed by atoms with van der Waals surface area (Å²) in [6.45, 7) is 2.06. The van der Waals surface area contributed by atoms with Gasteiger partial charge in [-0.3, -0.25) is 0 Å². The summed E-state index contributed by atoms with van der Waals surface area (Å²) in [5, 5.41) is 9.91. The summed E-state index contributed by atoms with van der Waals surface area (Å²) in [7, 11) is 0. The minimum Gasteiger partial charge on any atom is -0.382 e. The Morgan fingerprint density at radius 2 is 1.85 bits per heavy atom. The molecule has 0 bridgehead atoms. The first-order valence-corrected chi connectivity index (χ1v) is 9.03. The molecular weight excluding hydrogens is 347 g/mol. The molecule has 0 saturated carbocycles. The zero-order chi connectivity index (χ0) is 18.5. The van der Waals surface area contributed by atoms with Crippen molar-refractivity contribution in [1.29, 1.82) is 5.26 Å². The second kappa shape index (κ2) is 7.98. The van der Waals surface area contributed by atoms with Crippen molar-refractivity contribution in [2.24, 2.45) is 0 Å². The van der Waals surface area contributed by atoms with E-state index in [2.05, 4.69) is 35.1 Å². The van der Waals surface area contributed by atoms with Crippen LogP contribution in [0.15, 0.2) is 53.7 Å². The van der Waals surface area contributed by atoms with Crippen LogP contribution < -0.4 is 5.73 Å². The normalized spacial score (nSPS) is 10.5. The van der Waals surface area contributed by atoms with Crippen molar-refractivity contribution >= 4 is 17.6 Å². The number of nitrogens with two attached hydrogens (primary N) is 1. The summed E-state index contributed by atoms with van der Waals surface area (Å²) in [4.78, 5) is 8.77. The highest BCUT2D eigenvalue weighted by Crippen LogP contribution is 2.25. The molecule has 130 valence electrons. The highest BCUT2D eigenvalue weighted by molar-refractivity contribution is 7.98. The van der Waals surface area contributed by atoms with Crippen LogP contribution in [0.25, 0.3) is 0 Å². The lowest BCUT2D eigenvalue weighted by Gasteiger charge is -2.09. The van der Waals surface area contributed by atoms with E-state index in [9.17, 15) is 9.65 Å². The molecule has 2 aromatic carbocycles. The molecule has 4 nitrogen and oxygen atoms in total. The number of nitrogens with zero attached hydrogens (tertiary/aromatic N) is 3. The van der Waals surface area contributed by atoms with Crippen molar-refractivity contribution in [3.05, 3.63) is 82.3 Å². The van der Waals surface area contributed by atoms with E-state index in [1.54, 1.807) is 12.1 Å². The SMILES string of the molecule is Cc1ccccc1CSc1nc(N)c(C#N)c(Cc2ccc(F)cc2)n1. The number of rotatable bonds is 5. The fourth-order valence-electron chi connectivity index (χ4n) is 2.53. The molecule has 0 fully saturated rings. The van der Waals surface area contributed by atoms with Gasteiger partial charge < -0.3 is 5.73 Å². The van der Waals surface area contributed by atoms with Gasteiger partial charge in [0.2, 0.25) is 0 Å². The Kier molecular flexibility index (Phi) is 5.49. The first kappa shape index (κ1) is 17.9. The number of benzene rings is 2. The minimum atomic E-state index is -0.300. The molecule has 0 amide bonds. The molecule has 2 N–H and O–H groups in total. The highest BCUT2D eigenvalue weighted by Gasteiger charge is 2.14. The molecule has 0 aliphatic heterocycles. The van der Waals surface area contributed by atoms with Crippen LogP contribution in [-0.2, 0) is 12.2 Å². The van der Waals surface area contributed by atoms with Crippen LogP contribution in [0.3, 0.4) is 0 Å². The zero-order valence-electron chi connectivity index (χ0n) is 14.2. The highest BCUT2D eigenvalue weighted by atomic mass is 32.2. The molecule has 0 aliphatic rings. The average Bonchev–Trinajstić information content (AvgIpc) is 2.63. The Labute approximate surface area is 155 Å². The lowest BCUT2D eigenvalue weighted by atomic mass is 10.1. The van der Waals surface area contributed by atoms with Crippen LogP contribution in [0.4, 0.5) is 10.2 Å². The molecule has 0 aliphatic carbocycles. The summed E-state index contributed by atoms with van der Waals surface area (Å²) in [6.07, 6.45) is 0.397. The lowest BCUT2D eigenvalue weighted by Crippen LogP contribution is -2.06. The maximum atomic E-state index is 13.1. The quantitative estimate of drug-likeness (QED) is 0.541. The van der Waals surface area contributed by atoms with Crippen molar-refractivity contribution in [2.45, 2.75) is 24.3 Å². The second-order valence-electron chi connectivity index (χ2n) is 5.84. The van der Waals surface area contributed by atoms with Crippen molar-refractivity contribution in [1.82, 2.24) is 9.97 Å². The van der Waals surface area contributed by atoms with Crippen LogP contribution in [0.1, 0.15) is 27.9 Å². The molecule has 3 aromatic rings. The Bertz CT molecular complexity index is 965. The van der Waals surface area contributed by atoms with E-state index in [4.69, 9.17) is 5.73 Å². The predicted octanol–water partition coefficient (Wildman–Crippen LogP) is 4.26. The number of nitrogen functional groups attached to an aromatic ring is 1. The maximum Gasteiger partial charge on any atom is 0.190 e. The van der Waals surface area contributed by atoms with Gasteiger partial charge in [-0.2, -0.15) is 5.26 Å². The fourth-order valence-corrected chi connectivity index (χ4v) is 3.47. The second-order valence-corrected chi connectivity index (χ2v) is 6.79. The molecule has 0 radical (unpaired) electrons. The van der Waals surface area contributed by atoms with Gasteiger partial charge in [0.1, 0.15) is 23.3 Å². The Hall–Kier alpha value is -2.91. The first-order chi connectivity index (χ1) is 12.6. The molecule has 1 aromatic heterocycles. The van der Waals surface area contributed by atoms with Gasteiger partial charge in [-0.15, -0.1) is 0 Å². The summed E-state index contributed by atoms with van der Waals surface area (Å²) in [5.41, 5.74) is 10.0. The molecule has 0 saturated heterocycles. The van der Waals surface area contributed by atoms with E-state index < -0.39 is 0 Å². The topological polar surface area (TPSA) is 75.6 Å². The van der Waals surface area contributed by atoms with Crippen molar-refractivity contribution in [3.8, 4) is 6.07 Å². The van der Waals surface area contributed by atoms with Gasteiger partial charge in [0, 0.05) is 12.2 Å². The molecule has 0 spiro atoms. The molecule has 0 atom stereocenters. The minimum absolute atomic E-state index is 0.173. The number of hydrogen-bond acceptors (Lipinski definition) is 5. The monoisotopic (exact) mass is 364 g/mol. The van der Waals surface area contributed by atoms with E-state index in [1.165, 1.54) is 35.0 Å². The van der Waals surface area contributed by atoms with Crippen LogP contribution in [0, 0.1) is 24.1 Å². The number of aryl methyl sites for hydroxylation is 1. The third-order valence-corrected chi connectivity index (χ3v) is 4.90. The van der Waals surface area contributed by atoms with E-state index in [1.807, 2.05) is 12.1 Å². The van der Waals surface area contributed by atoms with E-state index in [-0.39, 0.29) is 17.2 Å². The summed E-state index contributed by atoms with van der Waals surface area (Å²) < 4.78 is 13.1. The van der Waals surface area contributed by atoms with Gasteiger partial charge in [-0.1, -0.05) is 48.2 Å². The molecule has 0 unspecified atom stereocenters. The molecule has 3 rings (SSSR count). The Balaban J connectivity index is 1.85. The summed E-state index contributed by atoms with van der Waals surface area (Å²) in [6, 6.07) is 16.3. The van der Waals surface area contributed by atoms with Gasteiger partial charge in [0.25, 0.3) is 0 Å². The smallest absolute Gasteiger partial charge is 0.190 e. The lowest BCUT2D eigenvalue weighted by molar-refractivity contribution is 0.627. The van der Waals surface area contributed by atoms with Gasteiger partial charge in [0.15, 0.2) is 5.16 Å². The number of hydrogen-bond donors (Lipinski definition) is 1. The van der Waals surface area contributed by atoms with Gasteiger partial charge in [-0.25, -0.2) is 14.4 Å². The molecule has 6 heteroatoms. The summed E-state index contributed by atoms with van der Waals surface area (Å²) >= 11 is 1.48. The number of aromatic nitrogens is 2. The largest absolute Gasteiger partial charge is 0.382 e. The van der Waals surface area contributed by atoms with E-state index >= 15 is 0 Å². The number of nitriles is 1. The van der Waals surface area contributed by atoms with E-state index in [0.717, 1.165) is 5.56 Å². The van der Waals surface area contributed by atoms with Crippen LogP contribution >= 0.6 is 11.8 Å². The van der Waals surface area contributed by atoms with Crippen molar-refractivity contribution in [2.75, 3.05) is 5.73 Å².